The Bertz CT molecular complexity index is 671. The zero-order valence-electron chi connectivity index (χ0n) is 11.2. The van der Waals surface area contributed by atoms with E-state index in [1.54, 1.807) is 0 Å². The molecule has 1 N–H and O–H groups in total. The fourth-order valence-corrected chi connectivity index (χ4v) is 1.90. The smallest absolute Gasteiger partial charge is 0.339 e. The Hall–Kier alpha value is -2.33. The van der Waals surface area contributed by atoms with Crippen LogP contribution in [0.25, 0.3) is 6.08 Å². The van der Waals surface area contributed by atoms with Crippen LogP contribution >= 0.6 is 11.6 Å². The van der Waals surface area contributed by atoms with Crippen LogP contribution < -0.4 is 5.32 Å². The Balaban J connectivity index is 2.28. The van der Waals surface area contributed by atoms with E-state index in [4.69, 9.17) is 11.6 Å². The second-order valence-corrected chi connectivity index (χ2v) is 4.50. The minimum Gasteiger partial charge on any atom is -0.465 e. The van der Waals surface area contributed by atoms with Crippen LogP contribution in [0, 0.1) is 11.9 Å². The molecule has 0 bridgehead atoms. The number of rotatable bonds is 4. The maximum Gasteiger partial charge on any atom is 0.339 e. The third kappa shape index (κ3) is 3.83. The first-order valence-corrected chi connectivity index (χ1v) is 6.47. The van der Waals surface area contributed by atoms with Gasteiger partial charge in [0.2, 0.25) is 0 Å². The molecule has 2 aromatic carbocycles. The van der Waals surface area contributed by atoms with E-state index >= 15 is 0 Å². The molecular formula is C16H12ClFNO2. The Kier molecular flexibility index (Phi) is 4.95. The number of carbonyl (C=O) groups is 1. The zero-order valence-corrected chi connectivity index (χ0v) is 11.9. The highest BCUT2D eigenvalue weighted by Crippen LogP contribution is 2.21. The number of halogens is 2. The fraction of sp³-hybridized carbons (Fsp3) is 0.0625. The van der Waals surface area contributed by atoms with Gasteiger partial charge in [0.1, 0.15) is 5.82 Å². The fourth-order valence-electron chi connectivity index (χ4n) is 1.71. The molecule has 0 heterocycles. The van der Waals surface area contributed by atoms with Crippen molar-refractivity contribution in [3.05, 3.63) is 70.6 Å². The number of ether oxygens (including phenoxy) is 1. The van der Waals surface area contributed by atoms with Crippen LogP contribution in [0.1, 0.15) is 15.9 Å². The van der Waals surface area contributed by atoms with Crippen LogP contribution in [0.5, 0.6) is 0 Å². The van der Waals surface area contributed by atoms with Gasteiger partial charge in [0.05, 0.1) is 17.7 Å². The Morgan fingerprint density at radius 2 is 2.10 bits per heavy atom. The number of carbonyl (C=O) groups excluding carboxylic acids is 1. The summed E-state index contributed by atoms with van der Waals surface area (Å²) in [5.74, 6) is -1.32. The Morgan fingerprint density at radius 1 is 1.38 bits per heavy atom. The Morgan fingerprint density at radius 3 is 2.76 bits per heavy atom. The maximum atomic E-state index is 13.9. The van der Waals surface area contributed by atoms with Crippen molar-refractivity contribution < 1.29 is 13.9 Å². The first-order valence-electron chi connectivity index (χ1n) is 6.09. The largest absolute Gasteiger partial charge is 0.465 e. The van der Waals surface area contributed by atoms with E-state index in [2.05, 4.69) is 16.1 Å². The lowest BCUT2D eigenvalue weighted by Gasteiger charge is -2.06. The number of nitrogens with one attached hydrogen (secondary N) is 1. The molecule has 0 fully saturated rings. The van der Waals surface area contributed by atoms with Crippen molar-refractivity contribution in [2.75, 3.05) is 12.4 Å². The summed E-state index contributed by atoms with van der Waals surface area (Å²) in [6.45, 7) is 0. The number of benzene rings is 2. The van der Waals surface area contributed by atoms with Crippen LogP contribution in [0.4, 0.5) is 10.1 Å². The summed E-state index contributed by atoms with van der Waals surface area (Å²) in [4.78, 5) is 11.6. The number of para-hydroxylation sites is 1. The molecule has 0 amide bonds. The van der Waals surface area contributed by atoms with Crippen molar-refractivity contribution >= 4 is 29.3 Å². The summed E-state index contributed by atoms with van der Waals surface area (Å²) < 4.78 is 18.5. The van der Waals surface area contributed by atoms with Gasteiger partial charge in [0.25, 0.3) is 0 Å². The second kappa shape index (κ2) is 6.90. The van der Waals surface area contributed by atoms with Gasteiger partial charge < -0.3 is 10.1 Å². The quantitative estimate of drug-likeness (QED) is 0.862. The molecule has 0 saturated carbocycles. The van der Waals surface area contributed by atoms with Gasteiger partial charge in [0.15, 0.2) is 0 Å². The van der Waals surface area contributed by atoms with Gasteiger partial charge in [-0.2, -0.15) is 0 Å². The molecule has 0 saturated heterocycles. The molecule has 5 heteroatoms. The summed E-state index contributed by atoms with van der Waals surface area (Å²) in [6, 6.07) is 13.0. The molecule has 0 aliphatic rings. The van der Waals surface area contributed by atoms with Crippen molar-refractivity contribution in [3.63, 3.8) is 0 Å². The van der Waals surface area contributed by atoms with Gasteiger partial charge in [-0.25, -0.2) is 9.18 Å². The van der Waals surface area contributed by atoms with Gasteiger partial charge in [-0.3, -0.25) is 0 Å². The minimum absolute atomic E-state index is 0.0149. The number of anilines is 1. The number of methoxy groups -OCH3 is 1. The van der Waals surface area contributed by atoms with Crippen molar-refractivity contribution in [2.24, 2.45) is 0 Å². The standard InChI is InChI=1S/C16H12ClFNO2/c1-21-16(20)14-9-11(17)10-15(18)13(14)7-8-19-12-5-3-2-4-6-12/h2-8,10,19H,1H3. The lowest BCUT2D eigenvalue weighted by Crippen LogP contribution is -2.06. The molecule has 107 valence electrons. The average Bonchev–Trinajstić information content (AvgIpc) is 2.49. The lowest BCUT2D eigenvalue weighted by atomic mass is 10.1. The molecule has 0 spiro atoms. The lowest BCUT2D eigenvalue weighted by molar-refractivity contribution is 0.0599. The van der Waals surface area contributed by atoms with E-state index < -0.39 is 11.8 Å². The molecule has 0 aromatic heterocycles. The van der Waals surface area contributed by atoms with Crippen LogP contribution in [0.3, 0.4) is 0 Å². The van der Waals surface area contributed by atoms with E-state index in [-0.39, 0.29) is 16.1 Å². The van der Waals surface area contributed by atoms with Crippen LogP contribution in [-0.2, 0) is 4.74 Å². The van der Waals surface area contributed by atoms with E-state index in [0.717, 1.165) is 11.8 Å². The molecule has 1 radical (unpaired) electrons. The summed E-state index contributed by atoms with van der Waals surface area (Å²) in [6.07, 6.45) is 2.96. The summed E-state index contributed by atoms with van der Waals surface area (Å²) in [7, 11) is 1.21. The highest BCUT2D eigenvalue weighted by molar-refractivity contribution is 6.30. The van der Waals surface area contributed by atoms with Crippen LogP contribution in [0.2, 0.25) is 5.02 Å². The third-order valence-corrected chi connectivity index (χ3v) is 2.89. The number of hydrogen-bond donors (Lipinski definition) is 1. The molecule has 0 atom stereocenters. The van der Waals surface area contributed by atoms with Crippen molar-refractivity contribution in [1.82, 2.24) is 0 Å². The highest BCUT2D eigenvalue weighted by Gasteiger charge is 2.15. The molecule has 21 heavy (non-hydrogen) atoms. The molecular weight excluding hydrogens is 293 g/mol. The van der Waals surface area contributed by atoms with Gasteiger partial charge in [-0.1, -0.05) is 29.8 Å². The number of hydrogen-bond acceptors (Lipinski definition) is 3. The van der Waals surface area contributed by atoms with E-state index in [1.165, 1.54) is 19.4 Å². The SMILES string of the molecule is COC(=O)c1[c]c(Cl)cc(F)c1C=CNc1ccccc1. The molecule has 2 rings (SSSR count). The summed E-state index contributed by atoms with van der Waals surface area (Å²) in [5, 5.41) is 2.99. The highest BCUT2D eigenvalue weighted by atomic mass is 35.5. The van der Waals surface area contributed by atoms with Gasteiger partial charge in [-0.05, 0) is 24.3 Å². The maximum absolute atomic E-state index is 13.9. The predicted octanol–water partition coefficient (Wildman–Crippen LogP) is 4.15. The van der Waals surface area contributed by atoms with Crippen molar-refractivity contribution in [1.29, 1.82) is 0 Å². The summed E-state index contributed by atoms with van der Waals surface area (Å²) >= 11 is 5.71. The second-order valence-electron chi connectivity index (χ2n) is 4.09. The monoisotopic (exact) mass is 304 g/mol. The molecule has 2 aromatic rings. The predicted molar refractivity (Wildman–Crippen MR) is 80.7 cm³/mol. The van der Waals surface area contributed by atoms with Crippen molar-refractivity contribution in [3.8, 4) is 0 Å². The van der Waals surface area contributed by atoms with E-state index in [9.17, 15) is 9.18 Å². The first-order chi connectivity index (χ1) is 10.1. The van der Waals surface area contributed by atoms with Crippen LogP contribution in [-0.4, -0.2) is 13.1 Å². The molecule has 0 aliphatic carbocycles. The summed E-state index contributed by atoms with van der Waals surface area (Å²) in [5.41, 5.74) is 0.856. The van der Waals surface area contributed by atoms with Gasteiger partial charge >= 0.3 is 5.97 Å². The van der Waals surface area contributed by atoms with Crippen LogP contribution in [0.15, 0.2) is 42.6 Å². The van der Waals surface area contributed by atoms with Gasteiger partial charge in [0, 0.05) is 23.5 Å². The average molecular weight is 305 g/mol. The third-order valence-electron chi connectivity index (χ3n) is 2.69. The molecule has 0 unspecified atom stereocenters. The van der Waals surface area contributed by atoms with Gasteiger partial charge in [-0.15, -0.1) is 0 Å². The normalized spacial score (nSPS) is 10.6. The molecule has 0 aliphatic heterocycles. The van der Waals surface area contributed by atoms with E-state index in [1.807, 2.05) is 30.3 Å². The minimum atomic E-state index is -0.698. The Labute approximate surface area is 127 Å². The number of esters is 1. The van der Waals surface area contributed by atoms with E-state index in [0.29, 0.717) is 0 Å². The molecule has 3 nitrogen and oxygen atoms in total. The topological polar surface area (TPSA) is 38.3 Å². The zero-order chi connectivity index (χ0) is 15.2. The first kappa shape index (κ1) is 15.1. The van der Waals surface area contributed by atoms with Crippen molar-refractivity contribution in [2.45, 2.75) is 0 Å².